The molecule has 3 heterocycles. The van der Waals surface area contributed by atoms with Gasteiger partial charge in [0.2, 0.25) is 15.9 Å². The van der Waals surface area contributed by atoms with Crippen molar-refractivity contribution in [3.8, 4) is 0 Å². The van der Waals surface area contributed by atoms with Gasteiger partial charge in [-0.1, -0.05) is 0 Å². The molecule has 2 fully saturated rings. The van der Waals surface area contributed by atoms with E-state index in [-0.39, 0.29) is 35.5 Å². The fraction of sp³-hybridized carbons (Fsp3) is 0.476. The van der Waals surface area contributed by atoms with E-state index in [4.69, 9.17) is 9.15 Å². The highest BCUT2D eigenvalue weighted by Crippen LogP contribution is 2.34. The van der Waals surface area contributed by atoms with Crippen molar-refractivity contribution in [3.63, 3.8) is 0 Å². The third kappa shape index (κ3) is 5.18. The van der Waals surface area contributed by atoms with E-state index in [9.17, 15) is 23.3 Å². The lowest BCUT2D eigenvalue weighted by Gasteiger charge is -2.33. The highest BCUT2D eigenvalue weighted by Gasteiger charge is 2.32. The number of nitrogens with one attached hydrogen (secondary N) is 1. The molecule has 0 unspecified atom stereocenters. The first-order valence-electron chi connectivity index (χ1n) is 10.8. The maximum Gasteiger partial charge on any atom is 0.293 e. The van der Waals surface area contributed by atoms with Crippen molar-refractivity contribution in [2.75, 3.05) is 44.3 Å². The molecule has 11 nitrogen and oxygen atoms in total. The van der Waals surface area contributed by atoms with E-state index < -0.39 is 14.9 Å². The maximum absolute atomic E-state index is 12.9. The van der Waals surface area contributed by atoms with Gasteiger partial charge < -0.3 is 19.4 Å². The van der Waals surface area contributed by atoms with E-state index in [0.29, 0.717) is 57.1 Å². The molecule has 1 amide bonds. The van der Waals surface area contributed by atoms with Crippen LogP contribution >= 0.6 is 0 Å². The molecule has 0 bridgehead atoms. The van der Waals surface area contributed by atoms with Crippen molar-refractivity contribution in [2.24, 2.45) is 5.92 Å². The lowest BCUT2D eigenvalue weighted by Crippen LogP contribution is -2.41. The minimum Gasteiger partial charge on any atom is -0.467 e. The molecule has 1 aromatic heterocycles. The molecule has 1 aromatic carbocycles. The molecule has 178 valence electrons. The molecule has 2 aliphatic rings. The van der Waals surface area contributed by atoms with Crippen LogP contribution in [0.5, 0.6) is 0 Å². The van der Waals surface area contributed by atoms with Gasteiger partial charge in [-0.05, 0) is 37.1 Å². The van der Waals surface area contributed by atoms with Gasteiger partial charge in [0, 0.05) is 38.2 Å². The van der Waals surface area contributed by atoms with Crippen molar-refractivity contribution < 1.29 is 27.3 Å². The minimum atomic E-state index is -3.84. The second-order valence-electron chi connectivity index (χ2n) is 7.98. The van der Waals surface area contributed by atoms with Crippen LogP contribution < -0.4 is 10.2 Å². The van der Waals surface area contributed by atoms with Crippen molar-refractivity contribution in [1.29, 1.82) is 0 Å². The maximum atomic E-state index is 12.9. The Balaban J connectivity index is 1.43. The molecule has 4 rings (SSSR count). The third-order valence-corrected chi connectivity index (χ3v) is 7.87. The Bertz CT molecular complexity index is 1090. The van der Waals surface area contributed by atoms with E-state index in [2.05, 4.69) is 5.32 Å². The second kappa shape index (κ2) is 9.89. The molecule has 33 heavy (non-hydrogen) atoms. The zero-order valence-corrected chi connectivity index (χ0v) is 18.8. The largest absolute Gasteiger partial charge is 0.467 e. The Labute approximate surface area is 191 Å². The van der Waals surface area contributed by atoms with Crippen molar-refractivity contribution in [2.45, 2.75) is 24.3 Å². The summed E-state index contributed by atoms with van der Waals surface area (Å²) in [7, 11) is -3.84. The summed E-state index contributed by atoms with van der Waals surface area (Å²) in [5.41, 5.74) is 0.0976. The summed E-state index contributed by atoms with van der Waals surface area (Å²) in [6, 6.07) is 7.57. The average Bonchev–Trinajstić information content (AvgIpc) is 3.36. The van der Waals surface area contributed by atoms with Gasteiger partial charge in [-0.2, -0.15) is 4.31 Å². The zero-order chi connectivity index (χ0) is 23.4. The summed E-state index contributed by atoms with van der Waals surface area (Å²) in [5.74, 6) is 0.396. The van der Waals surface area contributed by atoms with Gasteiger partial charge in [0.15, 0.2) is 0 Å². The Hall–Kier alpha value is -2.96. The van der Waals surface area contributed by atoms with Crippen molar-refractivity contribution in [1.82, 2.24) is 9.62 Å². The number of ether oxygens (including phenoxy) is 1. The highest BCUT2D eigenvalue weighted by atomic mass is 32.2. The Morgan fingerprint density at radius 2 is 1.88 bits per heavy atom. The van der Waals surface area contributed by atoms with Gasteiger partial charge in [0.05, 0.1) is 35.8 Å². The number of benzene rings is 1. The van der Waals surface area contributed by atoms with E-state index in [0.717, 1.165) is 6.07 Å². The van der Waals surface area contributed by atoms with Gasteiger partial charge in [-0.25, -0.2) is 8.42 Å². The van der Waals surface area contributed by atoms with Crippen LogP contribution in [0.4, 0.5) is 11.4 Å². The zero-order valence-electron chi connectivity index (χ0n) is 18.0. The normalized spacial score (nSPS) is 18.2. The number of hydrogen-bond donors (Lipinski definition) is 1. The third-order valence-electron chi connectivity index (χ3n) is 5.97. The highest BCUT2D eigenvalue weighted by molar-refractivity contribution is 7.89. The fourth-order valence-corrected chi connectivity index (χ4v) is 5.56. The van der Waals surface area contributed by atoms with Crippen LogP contribution in [-0.4, -0.2) is 62.9 Å². The summed E-state index contributed by atoms with van der Waals surface area (Å²) in [4.78, 5) is 25.4. The molecule has 0 aliphatic carbocycles. The lowest BCUT2D eigenvalue weighted by atomic mass is 9.95. The summed E-state index contributed by atoms with van der Waals surface area (Å²) in [5, 5.41) is 14.6. The molecule has 2 aliphatic heterocycles. The van der Waals surface area contributed by atoms with E-state index >= 15 is 0 Å². The number of carbonyl (C=O) groups excluding carboxylic acids is 1. The first-order valence-corrected chi connectivity index (χ1v) is 12.2. The predicted octanol–water partition coefficient (Wildman–Crippen LogP) is 1.74. The van der Waals surface area contributed by atoms with Gasteiger partial charge in [-0.15, -0.1) is 0 Å². The van der Waals surface area contributed by atoms with Gasteiger partial charge in [-0.3, -0.25) is 14.9 Å². The number of morpholine rings is 1. The van der Waals surface area contributed by atoms with Crippen LogP contribution in [0.2, 0.25) is 0 Å². The minimum absolute atomic E-state index is 0.0764. The number of anilines is 1. The molecule has 0 spiro atoms. The first kappa shape index (κ1) is 23.2. The van der Waals surface area contributed by atoms with Crippen LogP contribution in [0.15, 0.2) is 45.9 Å². The summed E-state index contributed by atoms with van der Waals surface area (Å²) in [6.45, 7) is 2.24. The molecule has 2 saturated heterocycles. The summed E-state index contributed by atoms with van der Waals surface area (Å²) < 4.78 is 37.5. The smallest absolute Gasteiger partial charge is 0.293 e. The van der Waals surface area contributed by atoms with Crippen LogP contribution in [0, 0.1) is 16.0 Å². The first-order chi connectivity index (χ1) is 15.9. The Morgan fingerprint density at radius 3 is 2.52 bits per heavy atom. The predicted molar refractivity (Wildman–Crippen MR) is 118 cm³/mol. The molecule has 2 aromatic rings. The molecular weight excluding hydrogens is 452 g/mol. The lowest BCUT2D eigenvalue weighted by molar-refractivity contribution is -0.384. The van der Waals surface area contributed by atoms with Crippen LogP contribution in [-0.2, 0) is 26.1 Å². The Morgan fingerprint density at radius 1 is 1.15 bits per heavy atom. The molecular formula is C21H26N4O7S. The number of nitro groups is 1. The summed E-state index contributed by atoms with van der Waals surface area (Å²) in [6.07, 6.45) is 2.62. The Kier molecular flexibility index (Phi) is 6.96. The molecule has 1 N–H and O–H groups in total. The van der Waals surface area contributed by atoms with E-state index in [1.54, 1.807) is 18.4 Å². The number of furan rings is 1. The topological polar surface area (TPSA) is 135 Å². The van der Waals surface area contributed by atoms with E-state index in [1.807, 2.05) is 4.90 Å². The molecule has 0 atom stereocenters. The van der Waals surface area contributed by atoms with Gasteiger partial charge >= 0.3 is 0 Å². The number of rotatable bonds is 7. The fourth-order valence-electron chi connectivity index (χ4n) is 4.13. The molecule has 0 saturated carbocycles. The number of carbonyl (C=O) groups is 1. The number of piperidine rings is 1. The van der Waals surface area contributed by atoms with Gasteiger partial charge in [0.25, 0.3) is 5.69 Å². The van der Waals surface area contributed by atoms with Crippen LogP contribution in [0.3, 0.4) is 0 Å². The average molecular weight is 479 g/mol. The number of hydrogen-bond acceptors (Lipinski definition) is 8. The quantitative estimate of drug-likeness (QED) is 0.470. The van der Waals surface area contributed by atoms with Crippen molar-refractivity contribution >= 4 is 27.3 Å². The van der Waals surface area contributed by atoms with Crippen molar-refractivity contribution in [3.05, 3.63) is 52.5 Å². The number of nitrogens with zero attached hydrogens (tertiary/aromatic N) is 3. The number of amides is 1. The summed E-state index contributed by atoms with van der Waals surface area (Å²) >= 11 is 0. The van der Waals surface area contributed by atoms with E-state index in [1.165, 1.54) is 16.4 Å². The molecule has 0 radical (unpaired) electrons. The van der Waals surface area contributed by atoms with Crippen LogP contribution in [0.1, 0.15) is 18.6 Å². The monoisotopic (exact) mass is 478 g/mol. The number of nitro benzene ring substituents is 1. The SMILES string of the molecule is O=C(NCc1ccco1)C1CCN(c2ccc(S(=O)(=O)N3CCOCC3)cc2[N+](=O)[O-])CC1. The molecule has 12 heteroatoms. The van der Waals surface area contributed by atoms with Crippen LogP contribution in [0.25, 0.3) is 0 Å². The van der Waals surface area contributed by atoms with Gasteiger partial charge in [0.1, 0.15) is 11.4 Å². The second-order valence-corrected chi connectivity index (χ2v) is 9.92. The number of sulfonamides is 1. The standard InChI is InChI=1S/C21H26N4O7S/c26-21(22-15-17-2-1-11-32-17)16-5-7-23(8-6-16)19-4-3-18(14-20(19)25(27)28)33(29,30)24-9-12-31-13-10-24/h1-4,11,14,16H,5-10,12-13,15H2,(H,22,26).